The van der Waals surface area contributed by atoms with Crippen molar-refractivity contribution in [3.63, 3.8) is 0 Å². The van der Waals surface area contributed by atoms with Gasteiger partial charge in [-0.15, -0.1) is 22.0 Å². The van der Waals surface area contributed by atoms with Crippen LogP contribution in [0.4, 0.5) is 5.13 Å². The van der Waals surface area contributed by atoms with Crippen LogP contribution < -0.4 is 14.8 Å². The number of rotatable bonds is 11. The van der Waals surface area contributed by atoms with E-state index in [1.165, 1.54) is 27.9 Å². The van der Waals surface area contributed by atoms with Gasteiger partial charge < -0.3 is 9.47 Å². The maximum atomic E-state index is 12.5. The molecule has 0 saturated carbocycles. The maximum absolute atomic E-state index is 12.5. The Balaban J connectivity index is 1.61. The second-order valence-electron chi connectivity index (χ2n) is 7.30. The van der Waals surface area contributed by atoms with Gasteiger partial charge in [0, 0.05) is 17.1 Å². The third-order valence-electron chi connectivity index (χ3n) is 4.65. The summed E-state index contributed by atoms with van der Waals surface area (Å²) < 4.78 is 11.3. The van der Waals surface area contributed by atoms with E-state index in [9.17, 15) is 10.1 Å². The van der Waals surface area contributed by atoms with Gasteiger partial charge in [0.1, 0.15) is 16.6 Å². The second kappa shape index (κ2) is 12.8. The quantitative estimate of drug-likeness (QED) is 0.162. The molecule has 1 heterocycles. The van der Waals surface area contributed by atoms with Gasteiger partial charge in [0.25, 0.3) is 5.91 Å². The van der Waals surface area contributed by atoms with Gasteiger partial charge in [-0.1, -0.05) is 42.0 Å². The summed E-state index contributed by atoms with van der Waals surface area (Å²) in [5, 5.41) is 21.3. The molecule has 0 fully saturated rings. The number of ether oxygens (including phenoxy) is 2. The number of carbonyl (C=O) groups excluding carboxylic acids is 1. The molecule has 9 heteroatoms. The second-order valence-corrected chi connectivity index (χ2v) is 9.53. The van der Waals surface area contributed by atoms with Crippen LogP contribution in [0, 0.1) is 18.3 Å². The number of aromatic nitrogens is 2. The highest BCUT2D eigenvalue weighted by Gasteiger charge is 2.14. The van der Waals surface area contributed by atoms with Gasteiger partial charge in [-0.05, 0) is 49.2 Å². The van der Waals surface area contributed by atoms with E-state index in [-0.39, 0.29) is 5.57 Å². The molecule has 0 atom stereocenters. The molecule has 3 rings (SSSR count). The molecule has 0 radical (unpaired) electrons. The molecule has 0 aliphatic rings. The summed E-state index contributed by atoms with van der Waals surface area (Å²) in [5.74, 6) is 1.39. The number of amides is 1. The Hall–Kier alpha value is -3.35. The first-order chi connectivity index (χ1) is 16.5. The highest BCUT2D eigenvalue weighted by molar-refractivity contribution is 7.99. The van der Waals surface area contributed by atoms with Crippen molar-refractivity contribution < 1.29 is 14.3 Å². The van der Waals surface area contributed by atoms with Crippen molar-refractivity contribution in [2.45, 2.75) is 31.6 Å². The monoisotopic (exact) mass is 494 g/mol. The fraction of sp³-hybridized carbons (Fsp3) is 0.280. The van der Waals surface area contributed by atoms with Crippen molar-refractivity contribution in [2.75, 3.05) is 24.8 Å². The fourth-order valence-electron chi connectivity index (χ4n) is 2.94. The van der Waals surface area contributed by atoms with Gasteiger partial charge in [-0.2, -0.15) is 5.26 Å². The zero-order valence-electron chi connectivity index (χ0n) is 19.3. The number of nitrogens with one attached hydrogen (secondary N) is 1. The number of thioether (sulfide) groups is 1. The van der Waals surface area contributed by atoms with E-state index in [4.69, 9.17) is 9.47 Å². The highest BCUT2D eigenvalue weighted by Crippen LogP contribution is 2.29. The van der Waals surface area contributed by atoms with E-state index in [1.807, 2.05) is 13.0 Å². The van der Waals surface area contributed by atoms with E-state index in [0.717, 1.165) is 23.6 Å². The number of nitrogens with zero attached hydrogens (tertiary/aromatic N) is 3. The molecule has 1 aromatic heterocycles. The lowest BCUT2D eigenvalue weighted by molar-refractivity contribution is -0.112. The molecule has 0 bridgehead atoms. The predicted molar refractivity (Wildman–Crippen MR) is 137 cm³/mol. The van der Waals surface area contributed by atoms with Gasteiger partial charge in [-0.25, -0.2) is 0 Å². The van der Waals surface area contributed by atoms with Crippen LogP contribution >= 0.6 is 23.1 Å². The van der Waals surface area contributed by atoms with Crippen molar-refractivity contribution in [1.29, 1.82) is 5.26 Å². The van der Waals surface area contributed by atoms with E-state index < -0.39 is 5.91 Å². The minimum absolute atomic E-state index is 0.0440. The summed E-state index contributed by atoms with van der Waals surface area (Å²) >= 11 is 3.03. The molecule has 7 nitrogen and oxygen atoms in total. The number of carbonyl (C=O) groups is 1. The van der Waals surface area contributed by atoms with Crippen LogP contribution in [0.3, 0.4) is 0 Å². The van der Waals surface area contributed by atoms with Crippen LogP contribution in [0.2, 0.25) is 0 Å². The van der Waals surface area contributed by atoms with Crippen molar-refractivity contribution >= 4 is 40.2 Å². The topological polar surface area (TPSA) is 97.1 Å². The highest BCUT2D eigenvalue weighted by atomic mass is 32.2. The Bertz CT molecular complexity index is 1180. The Morgan fingerprint density at radius 3 is 2.71 bits per heavy atom. The standard InChI is InChI=1S/C25H26N4O3S2/c1-4-5-23-28-29-25(34-23)27-24(30)19(16-26)14-18-8-11-21(22(15-18)31-3)32-12-13-33-20-9-6-17(2)7-10-20/h6-11,14-15H,4-5,12-13H2,1-3H3,(H,27,29,30)/b19-14-. The summed E-state index contributed by atoms with van der Waals surface area (Å²) in [5.41, 5.74) is 1.84. The average Bonchev–Trinajstić information content (AvgIpc) is 3.28. The summed E-state index contributed by atoms with van der Waals surface area (Å²) in [6.07, 6.45) is 3.25. The maximum Gasteiger partial charge on any atom is 0.268 e. The normalized spacial score (nSPS) is 11.1. The Morgan fingerprint density at radius 2 is 2.00 bits per heavy atom. The number of hydrogen-bond acceptors (Lipinski definition) is 8. The van der Waals surface area contributed by atoms with Crippen LogP contribution in [-0.4, -0.2) is 35.6 Å². The van der Waals surface area contributed by atoms with E-state index in [0.29, 0.717) is 28.8 Å². The van der Waals surface area contributed by atoms with Gasteiger partial charge in [-0.3, -0.25) is 10.1 Å². The lowest BCUT2D eigenvalue weighted by atomic mass is 10.1. The van der Waals surface area contributed by atoms with E-state index in [1.54, 1.807) is 37.1 Å². The molecule has 34 heavy (non-hydrogen) atoms. The van der Waals surface area contributed by atoms with Crippen LogP contribution in [0.5, 0.6) is 11.5 Å². The molecule has 2 aromatic carbocycles. The third kappa shape index (κ3) is 7.33. The lowest BCUT2D eigenvalue weighted by Crippen LogP contribution is -2.13. The van der Waals surface area contributed by atoms with Gasteiger partial charge in [0.2, 0.25) is 5.13 Å². The van der Waals surface area contributed by atoms with Gasteiger partial charge >= 0.3 is 0 Å². The van der Waals surface area contributed by atoms with Crippen molar-refractivity contribution in [3.05, 3.63) is 64.2 Å². The SMILES string of the molecule is CCCc1nnc(NC(=O)/C(C#N)=C\c2ccc(OCCSc3ccc(C)cc3)c(OC)c2)s1. The zero-order chi connectivity index (χ0) is 24.3. The molecule has 0 aliphatic carbocycles. The Labute approximate surface area is 207 Å². The van der Waals surface area contributed by atoms with Gasteiger partial charge in [0.05, 0.1) is 13.7 Å². The molecule has 1 N–H and O–H groups in total. The van der Waals surface area contributed by atoms with Gasteiger partial charge in [0.15, 0.2) is 11.5 Å². The molecular weight excluding hydrogens is 468 g/mol. The summed E-state index contributed by atoms with van der Waals surface area (Å²) in [6.45, 7) is 4.62. The smallest absolute Gasteiger partial charge is 0.268 e. The Morgan fingerprint density at radius 1 is 1.21 bits per heavy atom. The first-order valence-electron chi connectivity index (χ1n) is 10.8. The van der Waals surface area contributed by atoms with E-state index in [2.05, 4.69) is 46.7 Å². The summed E-state index contributed by atoms with van der Waals surface area (Å²) in [4.78, 5) is 13.7. The Kier molecular flexibility index (Phi) is 9.50. The minimum atomic E-state index is -0.533. The molecule has 0 aliphatic heterocycles. The predicted octanol–water partition coefficient (Wildman–Crippen LogP) is 5.52. The molecule has 1 amide bonds. The van der Waals surface area contributed by atoms with Crippen LogP contribution in [0.25, 0.3) is 6.08 Å². The first kappa shape index (κ1) is 25.3. The van der Waals surface area contributed by atoms with Crippen molar-refractivity contribution in [3.8, 4) is 17.6 Å². The molecule has 176 valence electrons. The van der Waals surface area contributed by atoms with E-state index >= 15 is 0 Å². The van der Waals surface area contributed by atoms with Crippen molar-refractivity contribution in [2.24, 2.45) is 0 Å². The molecule has 3 aromatic rings. The first-order valence-corrected chi connectivity index (χ1v) is 12.6. The number of hydrogen-bond donors (Lipinski definition) is 1. The largest absolute Gasteiger partial charge is 0.493 e. The molecule has 0 spiro atoms. The number of aryl methyl sites for hydroxylation is 2. The third-order valence-corrected chi connectivity index (χ3v) is 6.52. The number of nitriles is 1. The lowest BCUT2D eigenvalue weighted by Gasteiger charge is -2.11. The van der Waals surface area contributed by atoms with Crippen molar-refractivity contribution in [1.82, 2.24) is 10.2 Å². The van der Waals surface area contributed by atoms with Crippen LogP contribution in [0.15, 0.2) is 52.9 Å². The zero-order valence-corrected chi connectivity index (χ0v) is 21.0. The molecular formula is C25H26N4O3S2. The average molecular weight is 495 g/mol. The number of methoxy groups -OCH3 is 1. The minimum Gasteiger partial charge on any atom is -0.493 e. The summed E-state index contributed by atoms with van der Waals surface area (Å²) in [6, 6.07) is 15.6. The molecule has 0 unspecified atom stereocenters. The fourth-order valence-corrected chi connectivity index (χ4v) is 4.50. The number of anilines is 1. The molecule has 0 saturated heterocycles. The summed E-state index contributed by atoms with van der Waals surface area (Å²) in [7, 11) is 1.55. The number of benzene rings is 2. The van der Waals surface area contributed by atoms with Crippen LogP contribution in [0.1, 0.15) is 29.5 Å². The van der Waals surface area contributed by atoms with Crippen LogP contribution in [-0.2, 0) is 11.2 Å².